The van der Waals surface area contributed by atoms with Gasteiger partial charge >= 0.3 is 6.09 Å². The summed E-state index contributed by atoms with van der Waals surface area (Å²) in [5.74, 6) is 0.155. The fourth-order valence-corrected chi connectivity index (χ4v) is 1.72. The molecular formula is C13H25NO3. The molecule has 0 aromatic rings. The van der Waals surface area contributed by atoms with Crippen molar-refractivity contribution >= 4 is 12.4 Å². The van der Waals surface area contributed by atoms with Gasteiger partial charge in [-0.25, -0.2) is 4.79 Å². The summed E-state index contributed by atoms with van der Waals surface area (Å²) in [6, 6.07) is -0.241. The lowest BCUT2D eigenvalue weighted by atomic mass is 9.80. The first-order chi connectivity index (χ1) is 7.49. The van der Waals surface area contributed by atoms with Crippen molar-refractivity contribution in [1.29, 1.82) is 0 Å². The number of alkyl carbamates (subject to hydrolysis) is 1. The third-order valence-corrected chi connectivity index (χ3v) is 2.44. The highest BCUT2D eigenvalue weighted by molar-refractivity contribution is 5.70. The average molecular weight is 243 g/mol. The van der Waals surface area contributed by atoms with Crippen molar-refractivity contribution in [1.82, 2.24) is 5.32 Å². The van der Waals surface area contributed by atoms with E-state index in [0.29, 0.717) is 0 Å². The van der Waals surface area contributed by atoms with Gasteiger partial charge in [0.2, 0.25) is 0 Å². The number of rotatable bonds is 4. The van der Waals surface area contributed by atoms with E-state index < -0.39 is 17.1 Å². The standard InChI is InChI=1S/C13H25NO3/c1-9(2)10(13(6,7)8-15)14-11(16)17-12(3,4)5/h8-10H,1-7H3,(H,14,16). The van der Waals surface area contributed by atoms with Crippen LogP contribution in [0.3, 0.4) is 0 Å². The van der Waals surface area contributed by atoms with Crippen LogP contribution in [0.2, 0.25) is 0 Å². The van der Waals surface area contributed by atoms with E-state index in [1.165, 1.54) is 0 Å². The van der Waals surface area contributed by atoms with Crippen molar-refractivity contribution in [2.24, 2.45) is 11.3 Å². The Kier molecular flexibility index (Phi) is 5.17. The minimum absolute atomic E-state index is 0.155. The van der Waals surface area contributed by atoms with Crippen LogP contribution in [0, 0.1) is 11.3 Å². The van der Waals surface area contributed by atoms with E-state index in [0.717, 1.165) is 6.29 Å². The van der Waals surface area contributed by atoms with Gasteiger partial charge in [0.1, 0.15) is 11.9 Å². The number of nitrogens with one attached hydrogen (secondary N) is 1. The predicted octanol–water partition coefficient (Wildman–Crippen LogP) is 2.76. The Balaban J connectivity index is 4.69. The van der Waals surface area contributed by atoms with Crippen LogP contribution in [-0.4, -0.2) is 24.0 Å². The van der Waals surface area contributed by atoms with Crippen molar-refractivity contribution in [3.05, 3.63) is 0 Å². The van der Waals surface area contributed by atoms with E-state index in [1.807, 2.05) is 48.5 Å². The highest BCUT2D eigenvalue weighted by Crippen LogP contribution is 2.24. The maximum atomic E-state index is 11.7. The first-order valence-corrected chi connectivity index (χ1v) is 5.95. The van der Waals surface area contributed by atoms with Crippen molar-refractivity contribution in [2.75, 3.05) is 0 Å². The molecule has 0 bridgehead atoms. The normalized spacial score (nSPS) is 14.4. The molecule has 0 radical (unpaired) electrons. The fourth-order valence-electron chi connectivity index (χ4n) is 1.72. The summed E-state index contributed by atoms with van der Waals surface area (Å²) in [7, 11) is 0. The Morgan fingerprint density at radius 1 is 1.18 bits per heavy atom. The molecule has 1 N–H and O–H groups in total. The smallest absolute Gasteiger partial charge is 0.407 e. The molecule has 0 aromatic carbocycles. The maximum Gasteiger partial charge on any atom is 0.407 e. The number of aldehydes is 1. The second-order valence-electron chi connectivity index (χ2n) is 6.31. The Bertz CT molecular complexity index is 277. The molecule has 0 aliphatic heterocycles. The minimum Gasteiger partial charge on any atom is -0.444 e. The topological polar surface area (TPSA) is 55.4 Å². The van der Waals surface area contributed by atoms with Crippen LogP contribution in [0.5, 0.6) is 0 Å². The molecule has 1 amide bonds. The summed E-state index contributed by atoms with van der Waals surface area (Å²) in [4.78, 5) is 22.7. The Morgan fingerprint density at radius 3 is 1.94 bits per heavy atom. The summed E-state index contributed by atoms with van der Waals surface area (Å²) >= 11 is 0. The lowest BCUT2D eigenvalue weighted by Gasteiger charge is -2.34. The lowest BCUT2D eigenvalue weighted by molar-refractivity contribution is -0.116. The fraction of sp³-hybridized carbons (Fsp3) is 0.846. The molecule has 0 saturated carbocycles. The molecule has 4 nitrogen and oxygen atoms in total. The zero-order valence-corrected chi connectivity index (χ0v) is 12.0. The SMILES string of the molecule is CC(C)C(NC(=O)OC(C)(C)C)C(C)(C)C=O. The summed E-state index contributed by atoms with van der Waals surface area (Å²) in [5, 5.41) is 2.77. The highest BCUT2D eigenvalue weighted by atomic mass is 16.6. The molecule has 4 heteroatoms. The second-order valence-corrected chi connectivity index (χ2v) is 6.31. The van der Waals surface area contributed by atoms with Crippen molar-refractivity contribution in [3.8, 4) is 0 Å². The number of carbonyl (C=O) groups is 2. The van der Waals surface area contributed by atoms with Gasteiger partial charge in [-0.1, -0.05) is 27.7 Å². The molecule has 100 valence electrons. The predicted molar refractivity (Wildman–Crippen MR) is 67.8 cm³/mol. The first-order valence-electron chi connectivity index (χ1n) is 5.95. The molecule has 0 fully saturated rings. The third kappa shape index (κ3) is 5.71. The van der Waals surface area contributed by atoms with E-state index in [2.05, 4.69) is 5.32 Å². The number of ether oxygens (including phenoxy) is 1. The van der Waals surface area contributed by atoms with Gasteiger partial charge in [0.05, 0.1) is 0 Å². The molecule has 0 aliphatic carbocycles. The molecule has 0 spiro atoms. The molecule has 0 heterocycles. The third-order valence-electron chi connectivity index (χ3n) is 2.44. The maximum absolute atomic E-state index is 11.7. The van der Waals surface area contributed by atoms with Gasteiger partial charge in [-0.15, -0.1) is 0 Å². The van der Waals surface area contributed by atoms with Crippen molar-refractivity contribution in [3.63, 3.8) is 0 Å². The summed E-state index contributed by atoms with van der Waals surface area (Å²) in [6.07, 6.45) is 0.390. The van der Waals surface area contributed by atoms with Gasteiger partial charge in [0, 0.05) is 11.5 Å². The average Bonchev–Trinajstić information content (AvgIpc) is 2.10. The van der Waals surface area contributed by atoms with Gasteiger partial charge in [0.25, 0.3) is 0 Å². The number of amides is 1. The zero-order valence-electron chi connectivity index (χ0n) is 12.0. The van der Waals surface area contributed by atoms with Gasteiger partial charge in [-0.3, -0.25) is 0 Å². The highest BCUT2D eigenvalue weighted by Gasteiger charge is 2.34. The van der Waals surface area contributed by atoms with E-state index in [1.54, 1.807) is 0 Å². The van der Waals surface area contributed by atoms with E-state index in [9.17, 15) is 9.59 Å². The molecule has 17 heavy (non-hydrogen) atoms. The Labute approximate surface area is 104 Å². The van der Waals surface area contributed by atoms with E-state index >= 15 is 0 Å². The van der Waals surface area contributed by atoms with Gasteiger partial charge in [0.15, 0.2) is 0 Å². The first kappa shape index (κ1) is 15.9. The van der Waals surface area contributed by atoms with E-state index in [-0.39, 0.29) is 12.0 Å². The largest absolute Gasteiger partial charge is 0.444 e. The number of hydrogen-bond acceptors (Lipinski definition) is 3. The molecule has 0 rings (SSSR count). The molecule has 0 aliphatic rings. The van der Waals surface area contributed by atoms with Gasteiger partial charge in [-0.2, -0.15) is 0 Å². The van der Waals surface area contributed by atoms with Crippen LogP contribution >= 0.6 is 0 Å². The quantitative estimate of drug-likeness (QED) is 0.772. The second kappa shape index (κ2) is 5.52. The Hall–Kier alpha value is -1.06. The van der Waals surface area contributed by atoms with Crippen LogP contribution in [-0.2, 0) is 9.53 Å². The number of carbonyl (C=O) groups excluding carboxylic acids is 2. The molecule has 1 unspecified atom stereocenters. The molecule has 0 saturated heterocycles. The van der Waals surface area contributed by atoms with Crippen molar-refractivity contribution < 1.29 is 14.3 Å². The lowest BCUT2D eigenvalue weighted by Crippen LogP contribution is -2.50. The summed E-state index contributed by atoms with van der Waals surface area (Å²) < 4.78 is 5.19. The monoisotopic (exact) mass is 243 g/mol. The van der Waals surface area contributed by atoms with E-state index in [4.69, 9.17) is 4.74 Å². The molecule has 0 aromatic heterocycles. The van der Waals surface area contributed by atoms with Crippen LogP contribution in [0.1, 0.15) is 48.5 Å². The minimum atomic E-state index is -0.606. The zero-order chi connectivity index (χ0) is 13.9. The van der Waals surface area contributed by atoms with Gasteiger partial charge < -0.3 is 14.8 Å². The van der Waals surface area contributed by atoms with Gasteiger partial charge in [-0.05, 0) is 26.7 Å². The van der Waals surface area contributed by atoms with Crippen LogP contribution in [0.25, 0.3) is 0 Å². The van der Waals surface area contributed by atoms with Crippen LogP contribution in [0.4, 0.5) is 4.79 Å². The van der Waals surface area contributed by atoms with Crippen LogP contribution < -0.4 is 5.32 Å². The summed E-state index contributed by atoms with van der Waals surface area (Å²) in [6.45, 7) is 13.0. The Morgan fingerprint density at radius 2 is 1.65 bits per heavy atom. The summed E-state index contributed by atoms with van der Waals surface area (Å²) in [5.41, 5.74) is -1.14. The molecular weight excluding hydrogens is 218 g/mol. The number of hydrogen-bond donors (Lipinski definition) is 1. The van der Waals surface area contributed by atoms with Crippen LogP contribution in [0.15, 0.2) is 0 Å². The molecule has 1 atom stereocenters. The van der Waals surface area contributed by atoms with Crippen molar-refractivity contribution in [2.45, 2.75) is 60.1 Å².